The molecule has 0 unspecified atom stereocenters. The minimum Gasteiger partial charge on any atom is -0.380 e. The zero-order chi connectivity index (χ0) is 24.2. The van der Waals surface area contributed by atoms with Crippen molar-refractivity contribution in [3.8, 4) is 11.4 Å². The molecular weight excluding hydrogens is 436 g/mol. The zero-order valence-electron chi connectivity index (χ0n) is 18.7. The molecule has 0 radical (unpaired) electrons. The SMILES string of the molecule is Cc1ccc(-n2nc(N)c(C(=O)NCCNC(=O)c3nn(-c4ccc(C)cc4)nc3N)n2)cc1. The molecule has 2 aromatic heterocycles. The van der Waals surface area contributed by atoms with Crippen LogP contribution in [0.4, 0.5) is 11.6 Å². The van der Waals surface area contributed by atoms with Crippen LogP contribution in [-0.2, 0) is 0 Å². The van der Waals surface area contributed by atoms with Crippen molar-refractivity contribution in [1.82, 2.24) is 40.6 Å². The van der Waals surface area contributed by atoms with E-state index in [-0.39, 0.29) is 36.1 Å². The molecule has 2 amide bonds. The van der Waals surface area contributed by atoms with Gasteiger partial charge in [-0.3, -0.25) is 9.59 Å². The Morgan fingerprint density at radius 2 is 1.03 bits per heavy atom. The number of amides is 2. The lowest BCUT2D eigenvalue weighted by molar-refractivity contribution is 0.0923. The largest absolute Gasteiger partial charge is 0.380 e. The first-order chi connectivity index (χ1) is 16.3. The second kappa shape index (κ2) is 9.40. The van der Waals surface area contributed by atoms with E-state index in [1.165, 1.54) is 9.59 Å². The molecular formula is C22H24N10O2. The molecule has 2 heterocycles. The minimum absolute atomic E-state index is 0.00241. The molecule has 4 rings (SSSR count). The summed E-state index contributed by atoms with van der Waals surface area (Å²) in [6.45, 7) is 4.19. The Kier molecular flexibility index (Phi) is 6.21. The van der Waals surface area contributed by atoms with Gasteiger partial charge in [-0.15, -0.1) is 30.0 Å². The van der Waals surface area contributed by atoms with E-state index in [0.29, 0.717) is 11.4 Å². The number of nitrogen functional groups attached to an aromatic ring is 2. The number of anilines is 2. The number of hydrogen-bond donors (Lipinski definition) is 4. The van der Waals surface area contributed by atoms with Gasteiger partial charge in [-0.25, -0.2) is 0 Å². The molecule has 0 fully saturated rings. The van der Waals surface area contributed by atoms with E-state index in [4.69, 9.17) is 11.5 Å². The van der Waals surface area contributed by atoms with Crippen molar-refractivity contribution in [2.45, 2.75) is 13.8 Å². The number of benzene rings is 2. The lowest BCUT2D eigenvalue weighted by Gasteiger charge is -2.05. The number of nitrogens with two attached hydrogens (primary N) is 2. The number of carbonyl (C=O) groups is 2. The zero-order valence-corrected chi connectivity index (χ0v) is 18.7. The van der Waals surface area contributed by atoms with Crippen LogP contribution in [0.1, 0.15) is 32.1 Å². The van der Waals surface area contributed by atoms with Crippen molar-refractivity contribution in [3.05, 3.63) is 71.0 Å². The van der Waals surface area contributed by atoms with Gasteiger partial charge in [0.2, 0.25) is 0 Å². The Hall–Kier alpha value is -4.74. The monoisotopic (exact) mass is 460 g/mol. The molecule has 12 nitrogen and oxygen atoms in total. The number of carbonyl (C=O) groups excluding carboxylic acids is 2. The Bertz CT molecular complexity index is 1220. The number of hydrogen-bond acceptors (Lipinski definition) is 8. The van der Waals surface area contributed by atoms with E-state index < -0.39 is 11.8 Å². The third kappa shape index (κ3) is 4.85. The Balaban J connectivity index is 1.31. The third-order valence-corrected chi connectivity index (χ3v) is 4.94. The van der Waals surface area contributed by atoms with Crippen molar-refractivity contribution in [3.63, 3.8) is 0 Å². The predicted molar refractivity (Wildman–Crippen MR) is 126 cm³/mol. The summed E-state index contributed by atoms with van der Waals surface area (Å²) < 4.78 is 0. The van der Waals surface area contributed by atoms with Gasteiger partial charge in [0.05, 0.1) is 11.4 Å². The molecule has 0 saturated heterocycles. The molecule has 0 saturated carbocycles. The number of aryl methyl sites for hydroxylation is 2. The van der Waals surface area contributed by atoms with Crippen molar-refractivity contribution >= 4 is 23.5 Å². The van der Waals surface area contributed by atoms with Gasteiger partial charge in [0.15, 0.2) is 23.0 Å². The average molecular weight is 461 g/mol. The maximum Gasteiger partial charge on any atom is 0.275 e. The van der Waals surface area contributed by atoms with Gasteiger partial charge in [0.25, 0.3) is 11.8 Å². The summed E-state index contributed by atoms with van der Waals surface area (Å²) in [6, 6.07) is 14.9. The van der Waals surface area contributed by atoms with Crippen LogP contribution in [0.3, 0.4) is 0 Å². The van der Waals surface area contributed by atoms with E-state index in [1.807, 2.05) is 62.4 Å². The lowest BCUT2D eigenvalue weighted by atomic mass is 10.2. The van der Waals surface area contributed by atoms with Crippen LogP contribution in [0.15, 0.2) is 48.5 Å². The van der Waals surface area contributed by atoms with Crippen molar-refractivity contribution in [2.75, 3.05) is 24.6 Å². The highest BCUT2D eigenvalue weighted by Gasteiger charge is 2.19. The van der Waals surface area contributed by atoms with Crippen LogP contribution >= 0.6 is 0 Å². The summed E-state index contributed by atoms with van der Waals surface area (Å²) in [7, 11) is 0. The predicted octanol–water partition coefficient (Wildman–Crippen LogP) is 0.789. The van der Waals surface area contributed by atoms with E-state index in [9.17, 15) is 9.59 Å². The van der Waals surface area contributed by atoms with Crippen LogP contribution in [0.25, 0.3) is 11.4 Å². The molecule has 174 valence electrons. The van der Waals surface area contributed by atoms with Crippen LogP contribution < -0.4 is 22.1 Å². The van der Waals surface area contributed by atoms with Crippen LogP contribution in [0, 0.1) is 13.8 Å². The third-order valence-electron chi connectivity index (χ3n) is 4.94. The molecule has 0 spiro atoms. The number of aromatic nitrogens is 6. The summed E-state index contributed by atoms with van der Waals surface area (Å²) in [5, 5.41) is 21.8. The van der Waals surface area contributed by atoms with Gasteiger partial charge >= 0.3 is 0 Å². The smallest absolute Gasteiger partial charge is 0.275 e. The fourth-order valence-corrected chi connectivity index (χ4v) is 3.07. The normalized spacial score (nSPS) is 10.8. The minimum atomic E-state index is -0.505. The number of nitrogens with zero attached hydrogens (tertiary/aromatic N) is 6. The number of rotatable bonds is 7. The summed E-state index contributed by atoms with van der Waals surface area (Å²) >= 11 is 0. The number of nitrogens with one attached hydrogen (secondary N) is 2. The van der Waals surface area contributed by atoms with E-state index >= 15 is 0 Å². The first kappa shape index (κ1) is 22.5. The van der Waals surface area contributed by atoms with Gasteiger partial charge in [-0.2, -0.15) is 0 Å². The van der Waals surface area contributed by atoms with Crippen LogP contribution in [0.2, 0.25) is 0 Å². The van der Waals surface area contributed by atoms with Gasteiger partial charge in [-0.05, 0) is 38.1 Å². The second-order valence-corrected chi connectivity index (χ2v) is 7.63. The highest BCUT2D eigenvalue weighted by atomic mass is 16.2. The molecule has 34 heavy (non-hydrogen) atoms. The van der Waals surface area contributed by atoms with Gasteiger partial charge < -0.3 is 22.1 Å². The Morgan fingerprint density at radius 3 is 1.38 bits per heavy atom. The van der Waals surface area contributed by atoms with Crippen molar-refractivity contribution < 1.29 is 9.59 Å². The van der Waals surface area contributed by atoms with E-state index in [2.05, 4.69) is 31.0 Å². The average Bonchev–Trinajstić information content (AvgIpc) is 3.40. The summed E-state index contributed by atoms with van der Waals surface area (Å²) in [6.07, 6.45) is 0. The maximum absolute atomic E-state index is 12.5. The summed E-state index contributed by atoms with van der Waals surface area (Å²) in [4.78, 5) is 27.5. The Morgan fingerprint density at radius 1 is 0.676 bits per heavy atom. The molecule has 0 bridgehead atoms. The van der Waals surface area contributed by atoms with Crippen LogP contribution in [-0.4, -0.2) is 54.9 Å². The molecule has 0 aliphatic heterocycles. The van der Waals surface area contributed by atoms with Gasteiger partial charge in [0, 0.05) is 13.1 Å². The lowest BCUT2D eigenvalue weighted by Crippen LogP contribution is -2.35. The molecule has 0 aliphatic rings. The molecule has 6 N–H and O–H groups in total. The first-order valence-corrected chi connectivity index (χ1v) is 10.5. The fraction of sp³-hybridized carbons (Fsp3) is 0.182. The highest BCUT2D eigenvalue weighted by Crippen LogP contribution is 2.12. The molecule has 2 aromatic carbocycles. The molecule has 4 aromatic rings. The van der Waals surface area contributed by atoms with Crippen LogP contribution in [0.5, 0.6) is 0 Å². The Labute approximate surface area is 194 Å². The maximum atomic E-state index is 12.5. The highest BCUT2D eigenvalue weighted by molar-refractivity contribution is 5.97. The second-order valence-electron chi connectivity index (χ2n) is 7.63. The van der Waals surface area contributed by atoms with E-state index in [0.717, 1.165) is 11.1 Å². The quantitative estimate of drug-likeness (QED) is 0.293. The summed E-state index contributed by atoms with van der Waals surface area (Å²) in [5.74, 6) is -1.00. The molecule has 0 atom stereocenters. The first-order valence-electron chi connectivity index (χ1n) is 10.5. The topological polar surface area (TPSA) is 172 Å². The van der Waals surface area contributed by atoms with Gasteiger partial charge in [0.1, 0.15) is 0 Å². The van der Waals surface area contributed by atoms with E-state index in [1.54, 1.807) is 0 Å². The summed E-state index contributed by atoms with van der Waals surface area (Å²) in [5.41, 5.74) is 15.2. The molecule has 0 aliphatic carbocycles. The van der Waals surface area contributed by atoms with Crippen molar-refractivity contribution in [1.29, 1.82) is 0 Å². The van der Waals surface area contributed by atoms with Crippen molar-refractivity contribution in [2.24, 2.45) is 0 Å². The van der Waals surface area contributed by atoms with Gasteiger partial charge in [-0.1, -0.05) is 35.4 Å². The molecule has 12 heteroatoms. The standard InChI is InChI=1S/C22H24N10O2/c1-13-3-7-15(8-4-13)31-27-17(19(23)29-31)21(33)25-11-12-26-22(34)18-20(24)30-32(28-18)16-9-5-14(2)6-10-16/h3-10H,11-12H2,1-2H3,(H2,23,29)(H2,24,30)(H,25,33)(H,26,34). The fourth-order valence-electron chi connectivity index (χ4n) is 3.07.